The first-order chi connectivity index (χ1) is 15.6. The predicted molar refractivity (Wildman–Crippen MR) is 122 cm³/mol. The number of benzene rings is 2. The lowest BCUT2D eigenvalue weighted by molar-refractivity contribution is -0.139. The van der Waals surface area contributed by atoms with E-state index in [2.05, 4.69) is 20.8 Å². The highest BCUT2D eigenvalue weighted by Gasteiger charge is 2.33. The highest BCUT2D eigenvalue weighted by Crippen LogP contribution is 2.31. The quantitative estimate of drug-likeness (QED) is 0.424. The maximum atomic E-state index is 12.9. The molecule has 0 bridgehead atoms. The molecule has 1 aromatic heterocycles. The Kier molecular flexibility index (Phi) is 6.55. The van der Waals surface area contributed by atoms with Gasteiger partial charge in [0.25, 0.3) is 0 Å². The molecule has 8 nitrogen and oxygen atoms in total. The van der Waals surface area contributed by atoms with Crippen LogP contribution in [0.3, 0.4) is 0 Å². The van der Waals surface area contributed by atoms with E-state index in [0.717, 1.165) is 17.0 Å². The van der Waals surface area contributed by atoms with E-state index in [1.165, 1.54) is 11.8 Å². The summed E-state index contributed by atoms with van der Waals surface area (Å²) in [6, 6.07) is 18.2. The Morgan fingerprint density at radius 2 is 1.78 bits per heavy atom. The van der Waals surface area contributed by atoms with Crippen LogP contribution in [0, 0.1) is 0 Å². The smallest absolute Gasteiger partial charge is 0.338 e. The lowest BCUT2D eigenvalue weighted by atomic mass is 9.95. The van der Waals surface area contributed by atoms with Gasteiger partial charge in [-0.1, -0.05) is 72.4 Å². The van der Waals surface area contributed by atoms with Crippen molar-refractivity contribution in [1.29, 1.82) is 0 Å². The summed E-state index contributed by atoms with van der Waals surface area (Å²) in [5.74, 6) is 0.600. The normalized spacial score (nSPS) is 15.8. The van der Waals surface area contributed by atoms with Gasteiger partial charge in [0, 0.05) is 24.1 Å². The van der Waals surface area contributed by atoms with Gasteiger partial charge in [-0.25, -0.2) is 9.59 Å². The van der Waals surface area contributed by atoms with Crippen molar-refractivity contribution in [2.45, 2.75) is 18.1 Å². The molecule has 0 aliphatic carbocycles. The summed E-state index contributed by atoms with van der Waals surface area (Å²) in [4.78, 5) is 25.3. The standard InChI is InChI=1S/C23H23N5O3S/c1-3-31-21(29)18-17(24-22(30)25-19(18)15-10-6-4-7-11-15)14-32-23-27-26-20(28(23)2)16-12-8-5-9-13-16/h4-13,19H,3,14H2,1-2H3,(H2,24,25,30)/t19-/m1/s1. The zero-order valence-electron chi connectivity index (χ0n) is 17.7. The molecule has 0 unspecified atom stereocenters. The summed E-state index contributed by atoms with van der Waals surface area (Å²) in [5.41, 5.74) is 2.64. The number of carbonyl (C=O) groups excluding carboxylic acids is 2. The van der Waals surface area contributed by atoms with E-state index in [0.29, 0.717) is 22.2 Å². The third kappa shape index (κ3) is 4.52. The summed E-state index contributed by atoms with van der Waals surface area (Å²) in [6.07, 6.45) is 0. The van der Waals surface area contributed by atoms with Gasteiger partial charge in [-0.2, -0.15) is 0 Å². The molecule has 164 valence electrons. The number of urea groups is 1. The van der Waals surface area contributed by atoms with Gasteiger partial charge in [-0.05, 0) is 12.5 Å². The Morgan fingerprint density at radius 3 is 2.47 bits per heavy atom. The molecule has 9 heteroatoms. The van der Waals surface area contributed by atoms with E-state index >= 15 is 0 Å². The minimum Gasteiger partial charge on any atom is -0.463 e. The lowest BCUT2D eigenvalue weighted by Crippen LogP contribution is -2.46. The molecule has 0 saturated heterocycles. The fourth-order valence-corrected chi connectivity index (χ4v) is 4.37. The molecular formula is C23H23N5O3S. The van der Waals surface area contributed by atoms with Gasteiger partial charge in [0.05, 0.1) is 18.2 Å². The summed E-state index contributed by atoms with van der Waals surface area (Å²) in [7, 11) is 1.89. The molecule has 0 fully saturated rings. The van der Waals surface area contributed by atoms with Crippen LogP contribution in [0.5, 0.6) is 0 Å². The molecule has 2 aromatic carbocycles. The van der Waals surface area contributed by atoms with E-state index in [9.17, 15) is 9.59 Å². The highest BCUT2D eigenvalue weighted by molar-refractivity contribution is 7.99. The number of aromatic nitrogens is 3. The molecule has 1 aliphatic rings. The van der Waals surface area contributed by atoms with Gasteiger partial charge in [-0.3, -0.25) is 0 Å². The third-order valence-corrected chi connectivity index (χ3v) is 6.04. The van der Waals surface area contributed by atoms with Crippen LogP contribution in [0.25, 0.3) is 11.4 Å². The highest BCUT2D eigenvalue weighted by atomic mass is 32.2. The predicted octanol–water partition coefficient (Wildman–Crippen LogP) is 3.45. The zero-order valence-corrected chi connectivity index (χ0v) is 18.6. The van der Waals surface area contributed by atoms with Crippen LogP contribution in [0.4, 0.5) is 4.79 Å². The van der Waals surface area contributed by atoms with Crippen molar-refractivity contribution in [1.82, 2.24) is 25.4 Å². The van der Waals surface area contributed by atoms with Gasteiger partial charge in [0.15, 0.2) is 11.0 Å². The van der Waals surface area contributed by atoms with Crippen molar-refractivity contribution < 1.29 is 14.3 Å². The zero-order chi connectivity index (χ0) is 22.5. The molecule has 2 N–H and O–H groups in total. The molecule has 0 saturated carbocycles. The fourth-order valence-electron chi connectivity index (χ4n) is 3.49. The minimum absolute atomic E-state index is 0.238. The summed E-state index contributed by atoms with van der Waals surface area (Å²) < 4.78 is 7.20. The number of thioether (sulfide) groups is 1. The number of hydrogen-bond acceptors (Lipinski definition) is 6. The second-order valence-electron chi connectivity index (χ2n) is 7.07. The number of nitrogens with zero attached hydrogens (tertiary/aromatic N) is 3. The maximum absolute atomic E-state index is 12.9. The number of rotatable bonds is 7. The second kappa shape index (κ2) is 9.69. The van der Waals surface area contributed by atoms with Crippen LogP contribution in [-0.4, -0.2) is 39.1 Å². The average molecular weight is 450 g/mol. The molecule has 1 atom stereocenters. The van der Waals surface area contributed by atoms with Crippen LogP contribution in [-0.2, 0) is 16.6 Å². The fraction of sp³-hybridized carbons (Fsp3) is 0.217. The van der Waals surface area contributed by atoms with Gasteiger partial charge in [-0.15, -0.1) is 10.2 Å². The number of amides is 2. The van der Waals surface area contributed by atoms with Gasteiger partial charge < -0.3 is 19.9 Å². The van der Waals surface area contributed by atoms with Crippen LogP contribution >= 0.6 is 11.8 Å². The molecule has 2 heterocycles. The van der Waals surface area contributed by atoms with E-state index in [1.807, 2.05) is 72.3 Å². The van der Waals surface area contributed by atoms with Gasteiger partial charge in [0.2, 0.25) is 0 Å². The largest absolute Gasteiger partial charge is 0.463 e. The third-order valence-electron chi connectivity index (χ3n) is 4.99. The molecular weight excluding hydrogens is 426 g/mol. The average Bonchev–Trinajstić information content (AvgIpc) is 3.18. The van der Waals surface area contributed by atoms with Crippen molar-refractivity contribution in [3.63, 3.8) is 0 Å². The SMILES string of the molecule is CCOC(=O)C1=C(CSc2nnc(-c3ccccc3)n2C)NC(=O)N[C@@H]1c1ccccc1. The van der Waals surface area contributed by atoms with Crippen molar-refractivity contribution in [2.24, 2.45) is 7.05 Å². The Labute approximate surface area is 190 Å². The van der Waals surface area contributed by atoms with Crippen LogP contribution in [0.2, 0.25) is 0 Å². The molecule has 32 heavy (non-hydrogen) atoms. The number of carbonyl (C=O) groups is 2. The van der Waals surface area contributed by atoms with E-state index in [1.54, 1.807) is 6.92 Å². The van der Waals surface area contributed by atoms with E-state index in [-0.39, 0.29) is 12.6 Å². The van der Waals surface area contributed by atoms with Crippen LogP contribution in [0.15, 0.2) is 77.1 Å². The number of hydrogen-bond donors (Lipinski definition) is 2. The monoisotopic (exact) mass is 449 g/mol. The lowest BCUT2D eigenvalue weighted by Gasteiger charge is -2.29. The van der Waals surface area contributed by atoms with Crippen LogP contribution in [0.1, 0.15) is 18.5 Å². The Hall–Kier alpha value is -3.59. The van der Waals surface area contributed by atoms with Crippen LogP contribution < -0.4 is 10.6 Å². The first-order valence-electron chi connectivity index (χ1n) is 10.2. The summed E-state index contributed by atoms with van der Waals surface area (Å²) in [6.45, 7) is 1.99. The summed E-state index contributed by atoms with van der Waals surface area (Å²) in [5, 5.41) is 14.9. The van der Waals surface area contributed by atoms with E-state index in [4.69, 9.17) is 4.74 Å². The van der Waals surface area contributed by atoms with Crippen molar-refractivity contribution in [2.75, 3.05) is 12.4 Å². The molecule has 0 radical (unpaired) electrons. The minimum atomic E-state index is -0.598. The Bertz CT molecular complexity index is 1140. The molecule has 0 spiro atoms. The van der Waals surface area contributed by atoms with Gasteiger partial charge in [0.1, 0.15) is 0 Å². The first-order valence-corrected chi connectivity index (χ1v) is 11.2. The van der Waals surface area contributed by atoms with Crippen molar-refractivity contribution >= 4 is 23.8 Å². The van der Waals surface area contributed by atoms with Gasteiger partial charge >= 0.3 is 12.0 Å². The number of nitrogens with one attached hydrogen (secondary N) is 2. The summed E-state index contributed by atoms with van der Waals surface area (Å²) >= 11 is 1.39. The Balaban J connectivity index is 1.64. The van der Waals surface area contributed by atoms with Crippen molar-refractivity contribution in [3.05, 3.63) is 77.5 Å². The molecule has 2 amide bonds. The number of ether oxygens (including phenoxy) is 1. The van der Waals surface area contributed by atoms with Crippen molar-refractivity contribution in [3.8, 4) is 11.4 Å². The first kappa shape index (κ1) is 21.6. The molecule has 4 rings (SSSR count). The number of esters is 1. The molecule has 3 aromatic rings. The second-order valence-corrected chi connectivity index (χ2v) is 8.02. The Morgan fingerprint density at radius 1 is 1.09 bits per heavy atom. The molecule has 1 aliphatic heterocycles. The topological polar surface area (TPSA) is 98.1 Å². The van der Waals surface area contributed by atoms with E-state index < -0.39 is 12.0 Å². The maximum Gasteiger partial charge on any atom is 0.338 e.